The minimum Gasteiger partial charge on any atom is -0.361 e. The number of nitrogens with zero attached hydrogens (tertiary/aromatic N) is 2. The number of rotatable bonds is 3. The molecule has 1 aromatic carbocycles. The minimum atomic E-state index is -3.14. The Balaban J connectivity index is 1.35. The van der Waals surface area contributed by atoms with Gasteiger partial charge in [-0.1, -0.05) is 0 Å². The van der Waals surface area contributed by atoms with Gasteiger partial charge in [0.2, 0.25) is 0 Å². The van der Waals surface area contributed by atoms with E-state index in [4.69, 9.17) is 0 Å². The van der Waals surface area contributed by atoms with Crippen molar-refractivity contribution in [3.05, 3.63) is 36.0 Å². The molecule has 0 saturated carbocycles. The van der Waals surface area contributed by atoms with Gasteiger partial charge in [-0.05, 0) is 62.5 Å². The molecule has 7 heteroatoms. The number of sulfone groups is 1. The molecule has 6 nitrogen and oxygen atoms in total. The van der Waals surface area contributed by atoms with Gasteiger partial charge in [-0.15, -0.1) is 0 Å². The predicted octanol–water partition coefficient (Wildman–Crippen LogP) is 1.89. The van der Waals surface area contributed by atoms with Crippen molar-refractivity contribution in [2.45, 2.75) is 24.0 Å². The van der Waals surface area contributed by atoms with Gasteiger partial charge >= 0.3 is 0 Å². The van der Waals surface area contributed by atoms with Crippen molar-refractivity contribution in [1.29, 1.82) is 0 Å². The van der Waals surface area contributed by atoms with Gasteiger partial charge in [-0.2, -0.15) is 0 Å². The Hall–Kier alpha value is -1.86. The third kappa shape index (κ3) is 2.63. The Bertz CT molecular complexity index is 985. The van der Waals surface area contributed by atoms with Crippen molar-refractivity contribution in [2.24, 2.45) is 5.92 Å². The summed E-state index contributed by atoms with van der Waals surface area (Å²) in [6, 6.07) is 7.54. The number of nitrogens with one attached hydrogen (secondary N) is 1. The summed E-state index contributed by atoms with van der Waals surface area (Å²) in [4.78, 5) is 20.1. The van der Waals surface area contributed by atoms with Crippen LogP contribution in [-0.2, 0) is 9.84 Å². The number of H-pyrrole nitrogens is 1. The molecule has 1 aromatic heterocycles. The van der Waals surface area contributed by atoms with Crippen LogP contribution >= 0.6 is 0 Å². The van der Waals surface area contributed by atoms with Gasteiger partial charge < -0.3 is 14.8 Å². The molecule has 3 fully saturated rings. The molecule has 0 aliphatic carbocycles. The smallest absolute Gasteiger partial charge is 0.253 e. The summed E-state index contributed by atoms with van der Waals surface area (Å²) in [7, 11) is -3.14. The van der Waals surface area contributed by atoms with E-state index < -0.39 is 14.6 Å². The third-order valence-electron chi connectivity index (χ3n) is 6.78. The quantitative estimate of drug-likeness (QED) is 0.873. The van der Waals surface area contributed by atoms with E-state index in [2.05, 4.69) is 9.88 Å². The zero-order valence-corrected chi connectivity index (χ0v) is 16.2. The van der Waals surface area contributed by atoms with Crippen LogP contribution in [0.1, 0.15) is 29.6 Å². The van der Waals surface area contributed by atoms with Crippen molar-refractivity contribution in [2.75, 3.05) is 38.5 Å². The van der Waals surface area contributed by atoms with Gasteiger partial charge in [-0.3, -0.25) is 4.79 Å². The Morgan fingerprint density at radius 3 is 2.74 bits per heavy atom. The Morgan fingerprint density at radius 2 is 1.96 bits per heavy atom. The van der Waals surface area contributed by atoms with Crippen molar-refractivity contribution < 1.29 is 13.2 Å². The minimum absolute atomic E-state index is 0.0641. The molecule has 3 aliphatic rings. The first kappa shape index (κ1) is 17.3. The molecule has 1 atom stereocenters. The van der Waals surface area contributed by atoms with Crippen molar-refractivity contribution >= 4 is 26.6 Å². The number of aromatic nitrogens is 1. The van der Waals surface area contributed by atoms with Gasteiger partial charge in [0, 0.05) is 42.3 Å². The van der Waals surface area contributed by atoms with E-state index in [9.17, 15) is 13.2 Å². The number of fused-ring (bicyclic) bond motifs is 1. The van der Waals surface area contributed by atoms with Gasteiger partial charge in [0.1, 0.15) is 4.75 Å². The van der Waals surface area contributed by atoms with Gasteiger partial charge in [0.05, 0.1) is 5.75 Å². The number of carbonyl (C=O) groups excluding carboxylic acids is 1. The Kier molecular flexibility index (Phi) is 3.88. The summed E-state index contributed by atoms with van der Waals surface area (Å²) in [6.07, 6.45) is 5.00. The summed E-state index contributed by atoms with van der Waals surface area (Å²) in [5.74, 6) is 0.352. The molecule has 2 aromatic rings. The predicted molar refractivity (Wildman–Crippen MR) is 105 cm³/mol. The standard InChI is InChI=1S/C20H25N3O3S/c24-19(16-3-4-18-15(11-16)5-7-21-18)23-13-20(14-23)17(6-10-27(20,25)26)12-22-8-1-2-9-22/h3-5,7,11,17,21H,1-2,6,8-10,12-14H2. The monoisotopic (exact) mass is 387 g/mol. The molecule has 144 valence electrons. The van der Waals surface area contributed by atoms with E-state index in [0.29, 0.717) is 18.7 Å². The fraction of sp³-hybridized carbons (Fsp3) is 0.550. The molecule has 1 spiro atoms. The molecule has 4 heterocycles. The zero-order chi connectivity index (χ0) is 18.6. The molecule has 3 aliphatic heterocycles. The zero-order valence-electron chi connectivity index (χ0n) is 15.4. The van der Waals surface area contributed by atoms with E-state index in [1.165, 1.54) is 12.8 Å². The Morgan fingerprint density at radius 1 is 1.19 bits per heavy atom. The van der Waals surface area contributed by atoms with Crippen LogP contribution in [0.3, 0.4) is 0 Å². The van der Waals surface area contributed by atoms with E-state index in [0.717, 1.165) is 37.0 Å². The van der Waals surface area contributed by atoms with Crippen LogP contribution in [0.5, 0.6) is 0 Å². The first-order valence-electron chi connectivity index (χ1n) is 9.80. The summed E-state index contributed by atoms with van der Waals surface area (Å²) >= 11 is 0. The maximum absolute atomic E-state index is 12.9. The number of benzene rings is 1. The maximum atomic E-state index is 12.9. The second-order valence-electron chi connectivity index (χ2n) is 8.32. The summed E-state index contributed by atoms with van der Waals surface area (Å²) in [5.41, 5.74) is 1.62. The fourth-order valence-electron chi connectivity index (χ4n) is 5.12. The van der Waals surface area contributed by atoms with E-state index in [-0.39, 0.29) is 17.6 Å². The molecular formula is C20H25N3O3S. The van der Waals surface area contributed by atoms with Crippen LogP contribution < -0.4 is 0 Å². The number of aromatic amines is 1. The average molecular weight is 388 g/mol. The number of hydrogen-bond donors (Lipinski definition) is 1. The van der Waals surface area contributed by atoms with Crippen LogP contribution in [0.15, 0.2) is 30.5 Å². The molecule has 1 unspecified atom stereocenters. The van der Waals surface area contributed by atoms with Crippen LogP contribution in [0.4, 0.5) is 0 Å². The van der Waals surface area contributed by atoms with Crippen molar-refractivity contribution in [3.63, 3.8) is 0 Å². The van der Waals surface area contributed by atoms with Crippen LogP contribution in [0.25, 0.3) is 10.9 Å². The van der Waals surface area contributed by atoms with Crippen LogP contribution in [-0.4, -0.2) is 72.3 Å². The van der Waals surface area contributed by atoms with E-state index in [1.807, 2.05) is 30.5 Å². The van der Waals surface area contributed by atoms with E-state index >= 15 is 0 Å². The van der Waals surface area contributed by atoms with E-state index in [1.54, 1.807) is 4.90 Å². The third-order valence-corrected chi connectivity index (χ3v) is 9.38. The fourth-order valence-corrected chi connectivity index (χ4v) is 7.53. The molecule has 0 radical (unpaired) electrons. The SMILES string of the molecule is O=C(c1ccc2[nH]ccc2c1)N1CC2(C1)C(CN1CCCC1)CCS2(=O)=O. The second-order valence-corrected chi connectivity index (χ2v) is 10.8. The second kappa shape index (κ2) is 6.07. The molecule has 3 saturated heterocycles. The van der Waals surface area contributed by atoms with Crippen LogP contribution in [0, 0.1) is 5.92 Å². The lowest BCUT2D eigenvalue weighted by atomic mass is 9.82. The van der Waals surface area contributed by atoms with Gasteiger partial charge in [-0.25, -0.2) is 8.42 Å². The molecule has 5 rings (SSSR count). The summed E-state index contributed by atoms with van der Waals surface area (Å²) in [5, 5.41) is 0.997. The van der Waals surface area contributed by atoms with Crippen molar-refractivity contribution in [3.8, 4) is 0 Å². The summed E-state index contributed by atoms with van der Waals surface area (Å²) < 4.78 is 24.9. The first-order valence-corrected chi connectivity index (χ1v) is 11.4. The van der Waals surface area contributed by atoms with Crippen LogP contribution in [0.2, 0.25) is 0 Å². The van der Waals surface area contributed by atoms with Crippen molar-refractivity contribution in [1.82, 2.24) is 14.8 Å². The lowest BCUT2D eigenvalue weighted by Crippen LogP contribution is -2.69. The van der Waals surface area contributed by atoms with Gasteiger partial charge in [0.25, 0.3) is 5.91 Å². The highest BCUT2D eigenvalue weighted by atomic mass is 32.2. The Labute approximate surface area is 159 Å². The molecular weight excluding hydrogens is 362 g/mol. The average Bonchev–Trinajstić information content (AvgIpc) is 3.32. The number of amides is 1. The molecule has 1 N–H and O–H groups in total. The number of likely N-dealkylation sites (tertiary alicyclic amines) is 2. The normalized spacial score (nSPS) is 26.7. The molecule has 27 heavy (non-hydrogen) atoms. The largest absolute Gasteiger partial charge is 0.361 e. The number of carbonyl (C=O) groups is 1. The summed E-state index contributed by atoms with van der Waals surface area (Å²) in [6.45, 7) is 3.70. The lowest BCUT2D eigenvalue weighted by molar-refractivity contribution is 0.0433. The maximum Gasteiger partial charge on any atom is 0.253 e. The molecule has 1 amide bonds. The topological polar surface area (TPSA) is 73.5 Å². The highest BCUT2D eigenvalue weighted by Gasteiger charge is 2.62. The highest BCUT2D eigenvalue weighted by molar-refractivity contribution is 7.93. The first-order chi connectivity index (χ1) is 13.0. The lowest BCUT2D eigenvalue weighted by Gasteiger charge is -2.50. The van der Waals surface area contributed by atoms with Gasteiger partial charge in [0.15, 0.2) is 9.84 Å². The molecule has 0 bridgehead atoms. The number of hydrogen-bond acceptors (Lipinski definition) is 4. The highest BCUT2D eigenvalue weighted by Crippen LogP contribution is 2.45.